The van der Waals surface area contributed by atoms with E-state index in [0.717, 1.165) is 11.1 Å². The Labute approximate surface area is 116 Å². The Morgan fingerprint density at radius 2 is 1.60 bits per heavy atom. The van der Waals surface area contributed by atoms with Crippen LogP contribution in [0.5, 0.6) is 5.75 Å². The summed E-state index contributed by atoms with van der Waals surface area (Å²) in [6, 6.07) is 16.2. The molecule has 0 radical (unpaired) electrons. The van der Waals surface area contributed by atoms with Gasteiger partial charge in [0.1, 0.15) is 5.75 Å². The van der Waals surface area contributed by atoms with Crippen LogP contribution in [0.2, 0.25) is 0 Å². The van der Waals surface area contributed by atoms with Crippen LogP contribution in [-0.4, -0.2) is 18.3 Å². The predicted molar refractivity (Wildman–Crippen MR) is 73.0 cm³/mol. The molecule has 0 aliphatic carbocycles. The number of alkyl halides is 2. The quantitative estimate of drug-likeness (QED) is 0.874. The molecule has 20 heavy (non-hydrogen) atoms. The number of aliphatic hydroxyl groups excluding tert-OH is 1. The Hall–Kier alpha value is -1.94. The third-order valence-electron chi connectivity index (χ3n) is 3.12. The molecule has 0 saturated heterocycles. The lowest BCUT2D eigenvalue weighted by atomic mass is 9.93. The molecule has 0 aliphatic rings. The van der Waals surface area contributed by atoms with Gasteiger partial charge < -0.3 is 9.84 Å². The molecule has 0 amide bonds. The van der Waals surface area contributed by atoms with Crippen molar-refractivity contribution in [3.05, 3.63) is 65.7 Å². The zero-order valence-electron chi connectivity index (χ0n) is 10.9. The fourth-order valence-corrected chi connectivity index (χ4v) is 2.11. The Morgan fingerprint density at radius 3 is 2.15 bits per heavy atom. The fourth-order valence-electron chi connectivity index (χ4n) is 2.11. The summed E-state index contributed by atoms with van der Waals surface area (Å²) in [6.07, 6.45) is 0.701. The molecule has 1 unspecified atom stereocenters. The van der Waals surface area contributed by atoms with Crippen LogP contribution in [0.15, 0.2) is 54.6 Å². The number of hydrogen-bond donors (Lipinski definition) is 1. The molecule has 4 heteroatoms. The van der Waals surface area contributed by atoms with Crippen LogP contribution in [0.3, 0.4) is 0 Å². The van der Waals surface area contributed by atoms with Crippen molar-refractivity contribution in [3.63, 3.8) is 0 Å². The summed E-state index contributed by atoms with van der Waals surface area (Å²) < 4.78 is 28.4. The number of halogens is 2. The average molecular weight is 278 g/mol. The number of hydrogen-bond acceptors (Lipinski definition) is 2. The van der Waals surface area contributed by atoms with E-state index < -0.39 is 6.61 Å². The van der Waals surface area contributed by atoms with Gasteiger partial charge in [0.05, 0.1) is 6.61 Å². The van der Waals surface area contributed by atoms with Gasteiger partial charge in [-0.3, -0.25) is 0 Å². The van der Waals surface area contributed by atoms with Crippen molar-refractivity contribution in [2.75, 3.05) is 6.61 Å². The number of benzene rings is 2. The molecule has 0 heterocycles. The monoisotopic (exact) mass is 278 g/mol. The van der Waals surface area contributed by atoms with Crippen molar-refractivity contribution in [1.82, 2.24) is 0 Å². The lowest BCUT2D eigenvalue weighted by Gasteiger charge is -2.15. The van der Waals surface area contributed by atoms with Crippen molar-refractivity contribution in [3.8, 4) is 5.75 Å². The van der Waals surface area contributed by atoms with E-state index in [-0.39, 0.29) is 18.3 Å². The molecule has 0 spiro atoms. The van der Waals surface area contributed by atoms with Gasteiger partial charge in [0.15, 0.2) is 0 Å². The maximum atomic E-state index is 12.1. The second-order valence-electron chi connectivity index (χ2n) is 4.52. The van der Waals surface area contributed by atoms with E-state index in [9.17, 15) is 13.9 Å². The highest BCUT2D eigenvalue weighted by Crippen LogP contribution is 2.23. The first kappa shape index (κ1) is 14.5. The summed E-state index contributed by atoms with van der Waals surface area (Å²) in [6.45, 7) is -2.82. The zero-order valence-corrected chi connectivity index (χ0v) is 10.9. The zero-order chi connectivity index (χ0) is 14.4. The van der Waals surface area contributed by atoms with Crippen molar-refractivity contribution < 1.29 is 18.6 Å². The van der Waals surface area contributed by atoms with Gasteiger partial charge >= 0.3 is 6.61 Å². The minimum atomic E-state index is -2.82. The summed E-state index contributed by atoms with van der Waals surface area (Å²) >= 11 is 0. The van der Waals surface area contributed by atoms with E-state index in [0.29, 0.717) is 6.42 Å². The van der Waals surface area contributed by atoms with Crippen LogP contribution in [0, 0.1) is 0 Å². The Balaban J connectivity index is 2.07. The van der Waals surface area contributed by atoms with E-state index in [4.69, 9.17) is 0 Å². The van der Waals surface area contributed by atoms with E-state index >= 15 is 0 Å². The van der Waals surface area contributed by atoms with E-state index in [1.807, 2.05) is 30.3 Å². The molecular formula is C16H16F2O2. The molecule has 1 atom stereocenters. The minimum absolute atomic E-state index is 0.00391. The third kappa shape index (κ3) is 4.03. The maximum absolute atomic E-state index is 12.1. The molecule has 0 aromatic heterocycles. The molecule has 0 bridgehead atoms. The van der Waals surface area contributed by atoms with Gasteiger partial charge in [-0.1, -0.05) is 42.5 Å². The first-order chi connectivity index (χ1) is 9.69. The highest BCUT2D eigenvalue weighted by atomic mass is 19.3. The van der Waals surface area contributed by atoms with Crippen LogP contribution in [0.4, 0.5) is 8.78 Å². The topological polar surface area (TPSA) is 29.5 Å². The number of aliphatic hydroxyl groups is 1. The first-order valence-electron chi connectivity index (χ1n) is 6.38. The summed E-state index contributed by atoms with van der Waals surface area (Å²) in [5, 5.41) is 9.50. The Bertz CT molecular complexity index is 512. The van der Waals surface area contributed by atoms with E-state index in [2.05, 4.69) is 4.74 Å². The van der Waals surface area contributed by atoms with Crippen molar-refractivity contribution in [1.29, 1.82) is 0 Å². The highest BCUT2D eigenvalue weighted by molar-refractivity contribution is 5.31. The molecule has 1 N–H and O–H groups in total. The Kier molecular flexibility index (Phi) is 5.07. The summed E-state index contributed by atoms with van der Waals surface area (Å²) in [5.41, 5.74) is 2.03. The third-order valence-corrected chi connectivity index (χ3v) is 3.12. The maximum Gasteiger partial charge on any atom is 0.387 e. The summed E-state index contributed by atoms with van der Waals surface area (Å²) in [4.78, 5) is 0. The predicted octanol–water partition coefficient (Wildman–Crippen LogP) is 3.61. The standard InChI is InChI=1S/C16H16F2O2/c17-16(18)20-15-8-6-13(7-9-15)14(11-19)10-12-4-2-1-3-5-12/h1-9,14,16,19H,10-11H2. The van der Waals surface area contributed by atoms with Gasteiger partial charge in [0.2, 0.25) is 0 Å². The molecule has 2 aromatic rings. The Morgan fingerprint density at radius 1 is 0.950 bits per heavy atom. The summed E-state index contributed by atoms with van der Waals surface area (Å²) in [5.74, 6) is 0.0677. The van der Waals surface area contributed by atoms with Crippen molar-refractivity contribution in [2.24, 2.45) is 0 Å². The SMILES string of the molecule is OCC(Cc1ccccc1)c1ccc(OC(F)F)cc1. The summed E-state index contributed by atoms with van der Waals surface area (Å²) in [7, 11) is 0. The van der Waals surface area contributed by atoms with Gasteiger partial charge in [0, 0.05) is 5.92 Å². The lowest BCUT2D eigenvalue weighted by Crippen LogP contribution is -2.08. The van der Waals surface area contributed by atoms with Crippen LogP contribution in [0.1, 0.15) is 17.0 Å². The molecule has 2 nitrogen and oxygen atoms in total. The number of rotatable bonds is 6. The lowest BCUT2D eigenvalue weighted by molar-refractivity contribution is -0.0498. The molecular weight excluding hydrogens is 262 g/mol. The fraction of sp³-hybridized carbons (Fsp3) is 0.250. The second-order valence-corrected chi connectivity index (χ2v) is 4.52. The van der Waals surface area contributed by atoms with Gasteiger partial charge in [-0.05, 0) is 29.7 Å². The highest BCUT2D eigenvalue weighted by Gasteiger charge is 2.12. The minimum Gasteiger partial charge on any atom is -0.435 e. The number of ether oxygens (including phenoxy) is 1. The second kappa shape index (κ2) is 7.01. The van der Waals surface area contributed by atoms with E-state index in [1.165, 1.54) is 12.1 Å². The normalized spacial score (nSPS) is 12.4. The first-order valence-corrected chi connectivity index (χ1v) is 6.38. The van der Waals surface area contributed by atoms with E-state index in [1.54, 1.807) is 12.1 Å². The van der Waals surface area contributed by atoms with Crippen LogP contribution in [-0.2, 0) is 6.42 Å². The smallest absolute Gasteiger partial charge is 0.387 e. The van der Waals surface area contributed by atoms with Crippen LogP contribution in [0.25, 0.3) is 0 Å². The van der Waals surface area contributed by atoms with Crippen LogP contribution < -0.4 is 4.74 Å². The van der Waals surface area contributed by atoms with Gasteiger partial charge in [-0.25, -0.2) is 0 Å². The van der Waals surface area contributed by atoms with Gasteiger partial charge in [0.25, 0.3) is 0 Å². The average Bonchev–Trinajstić information content (AvgIpc) is 2.46. The molecule has 2 aromatic carbocycles. The van der Waals surface area contributed by atoms with Crippen LogP contribution >= 0.6 is 0 Å². The van der Waals surface area contributed by atoms with Crippen molar-refractivity contribution >= 4 is 0 Å². The van der Waals surface area contributed by atoms with Gasteiger partial charge in [-0.2, -0.15) is 8.78 Å². The molecule has 0 saturated carbocycles. The largest absolute Gasteiger partial charge is 0.435 e. The molecule has 0 fully saturated rings. The van der Waals surface area contributed by atoms with Gasteiger partial charge in [-0.15, -0.1) is 0 Å². The molecule has 2 rings (SSSR count). The van der Waals surface area contributed by atoms with Crippen molar-refractivity contribution in [2.45, 2.75) is 19.0 Å². The molecule has 106 valence electrons. The molecule has 0 aliphatic heterocycles.